The van der Waals surface area contributed by atoms with E-state index < -0.39 is 17.7 Å². The Balaban J connectivity index is 2.32. The van der Waals surface area contributed by atoms with Crippen LogP contribution in [0.4, 0.5) is 10.1 Å². The summed E-state index contributed by atoms with van der Waals surface area (Å²) >= 11 is 0. The second kappa shape index (κ2) is 5.83. The van der Waals surface area contributed by atoms with Crippen molar-refractivity contribution in [3.63, 3.8) is 0 Å². The largest absolute Gasteiger partial charge is 0.478 e. The molecular weight excluding hydrogens is 301 g/mol. The number of carboxylic acid groups (broad SMARTS) is 1. The molecular formula is C16H18FN3O3. The summed E-state index contributed by atoms with van der Waals surface area (Å²) in [5.41, 5.74) is 0.364. The Labute approximate surface area is 132 Å². The summed E-state index contributed by atoms with van der Waals surface area (Å²) in [6.07, 6.45) is 1.41. The van der Waals surface area contributed by atoms with Crippen LogP contribution < -0.4 is 5.32 Å². The van der Waals surface area contributed by atoms with Crippen LogP contribution >= 0.6 is 0 Å². The topological polar surface area (TPSA) is 84.2 Å². The van der Waals surface area contributed by atoms with Gasteiger partial charge in [-0.15, -0.1) is 0 Å². The summed E-state index contributed by atoms with van der Waals surface area (Å²) in [6, 6.07) is 3.22. The molecule has 6 nitrogen and oxygen atoms in total. The van der Waals surface area contributed by atoms with E-state index in [0.29, 0.717) is 11.3 Å². The van der Waals surface area contributed by atoms with E-state index >= 15 is 0 Å². The van der Waals surface area contributed by atoms with Gasteiger partial charge in [0, 0.05) is 5.69 Å². The Morgan fingerprint density at radius 3 is 2.48 bits per heavy atom. The SMILES string of the molecule is Cc1c(C(=O)Nc2cc(C(=O)O)ccc2F)cnn1C(C)(C)C. The number of benzene rings is 1. The molecule has 2 aromatic rings. The van der Waals surface area contributed by atoms with Crippen molar-refractivity contribution in [2.24, 2.45) is 0 Å². The van der Waals surface area contributed by atoms with Crippen LogP contribution in [0.15, 0.2) is 24.4 Å². The van der Waals surface area contributed by atoms with Gasteiger partial charge in [-0.05, 0) is 45.9 Å². The number of amides is 1. The average Bonchev–Trinajstić information content (AvgIpc) is 2.82. The van der Waals surface area contributed by atoms with Crippen LogP contribution in [-0.2, 0) is 5.54 Å². The van der Waals surface area contributed by atoms with Gasteiger partial charge in [0.05, 0.1) is 28.6 Å². The number of carbonyl (C=O) groups is 2. The van der Waals surface area contributed by atoms with Gasteiger partial charge in [0.25, 0.3) is 5.91 Å². The van der Waals surface area contributed by atoms with Crippen molar-refractivity contribution in [1.82, 2.24) is 9.78 Å². The van der Waals surface area contributed by atoms with Gasteiger partial charge in [-0.25, -0.2) is 9.18 Å². The maximum absolute atomic E-state index is 13.8. The van der Waals surface area contributed by atoms with Gasteiger partial charge < -0.3 is 10.4 Å². The fourth-order valence-electron chi connectivity index (χ4n) is 2.25. The van der Waals surface area contributed by atoms with Crippen molar-refractivity contribution in [3.8, 4) is 0 Å². The first-order chi connectivity index (χ1) is 10.6. The fraction of sp³-hybridized carbons (Fsp3) is 0.312. The van der Waals surface area contributed by atoms with Crippen molar-refractivity contribution in [1.29, 1.82) is 0 Å². The zero-order valence-corrected chi connectivity index (χ0v) is 13.3. The summed E-state index contributed by atoms with van der Waals surface area (Å²) in [4.78, 5) is 23.3. The smallest absolute Gasteiger partial charge is 0.335 e. The van der Waals surface area contributed by atoms with Gasteiger partial charge in [0.1, 0.15) is 5.82 Å². The number of aromatic carboxylic acids is 1. The first kappa shape index (κ1) is 16.7. The zero-order valence-electron chi connectivity index (χ0n) is 13.3. The highest BCUT2D eigenvalue weighted by Crippen LogP contribution is 2.21. The zero-order chi connectivity index (χ0) is 17.4. The number of rotatable bonds is 3. The molecule has 2 N–H and O–H groups in total. The minimum absolute atomic E-state index is 0.108. The molecule has 2 rings (SSSR count). The van der Waals surface area contributed by atoms with Crippen molar-refractivity contribution in [3.05, 3.63) is 47.0 Å². The van der Waals surface area contributed by atoms with Crippen molar-refractivity contribution in [2.75, 3.05) is 5.32 Å². The molecule has 1 aromatic carbocycles. The number of halogens is 1. The Morgan fingerprint density at radius 1 is 1.30 bits per heavy atom. The summed E-state index contributed by atoms with van der Waals surface area (Å²) in [5, 5.41) is 15.5. The van der Waals surface area contributed by atoms with Gasteiger partial charge in [0.2, 0.25) is 0 Å². The quantitative estimate of drug-likeness (QED) is 0.910. The molecule has 1 aromatic heterocycles. The maximum Gasteiger partial charge on any atom is 0.335 e. The predicted molar refractivity (Wildman–Crippen MR) is 83.3 cm³/mol. The molecule has 0 bridgehead atoms. The first-order valence-electron chi connectivity index (χ1n) is 7.00. The lowest BCUT2D eigenvalue weighted by molar-refractivity contribution is 0.0696. The molecule has 0 aliphatic rings. The molecule has 0 spiro atoms. The third-order valence-corrected chi connectivity index (χ3v) is 3.35. The standard InChI is InChI=1S/C16H18FN3O3/c1-9-11(8-18-20(9)16(2,3)4)14(21)19-13-7-10(15(22)23)5-6-12(13)17/h5-8H,1-4H3,(H,19,21)(H,22,23). The molecule has 0 saturated carbocycles. The van der Waals surface area contributed by atoms with Crippen LogP contribution in [0, 0.1) is 12.7 Å². The summed E-state index contributed by atoms with van der Waals surface area (Å²) in [7, 11) is 0. The molecule has 23 heavy (non-hydrogen) atoms. The monoisotopic (exact) mass is 319 g/mol. The van der Waals surface area contributed by atoms with E-state index in [1.165, 1.54) is 6.20 Å². The molecule has 1 heterocycles. The fourth-order valence-corrected chi connectivity index (χ4v) is 2.25. The number of nitrogens with zero attached hydrogens (tertiary/aromatic N) is 2. The number of carbonyl (C=O) groups excluding carboxylic acids is 1. The van der Waals surface area contributed by atoms with Gasteiger partial charge in [0.15, 0.2) is 0 Å². The van der Waals surface area contributed by atoms with Gasteiger partial charge in [-0.1, -0.05) is 0 Å². The van der Waals surface area contributed by atoms with Crippen LogP contribution in [0.3, 0.4) is 0 Å². The highest BCUT2D eigenvalue weighted by atomic mass is 19.1. The maximum atomic E-state index is 13.8. The highest BCUT2D eigenvalue weighted by Gasteiger charge is 2.22. The minimum Gasteiger partial charge on any atom is -0.478 e. The second-order valence-electron chi connectivity index (χ2n) is 6.18. The second-order valence-corrected chi connectivity index (χ2v) is 6.18. The molecule has 0 aliphatic heterocycles. The Kier molecular flexibility index (Phi) is 4.22. The molecule has 7 heteroatoms. The number of aromatic nitrogens is 2. The van der Waals surface area contributed by atoms with E-state index in [9.17, 15) is 14.0 Å². The van der Waals surface area contributed by atoms with Gasteiger partial charge in [-0.2, -0.15) is 5.10 Å². The van der Waals surface area contributed by atoms with Crippen LogP contribution in [0.25, 0.3) is 0 Å². The summed E-state index contributed by atoms with van der Waals surface area (Å²) in [5.74, 6) is -2.44. The molecule has 0 saturated heterocycles. The molecule has 0 atom stereocenters. The lowest BCUT2D eigenvalue weighted by Gasteiger charge is -2.21. The first-order valence-corrected chi connectivity index (χ1v) is 7.00. The van der Waals surface area contributed by atoms with Gasteiger partial charge >= 0.3 is 5.97 Å². The number of carboxylic acids is 1. The van der Waals surface area contributed by atoms with Crippen molar-refractivity contribution < 1.29 is 19.1 Å². The van der Waals surface area contributed by atoms with Gasteiger partial charge in [-0.3, -0.25) is 9.48 Å². The Bertz CT molecular complexity index is 775. The molecule has 122 valence electrons. The van der Waals surface area contributed by atoms with E-state index in [0.717, 1.165) is 18.2 Å². The number of nitrogens with one attached hydrogen (secondary N) is 1. The summed E-state index contributed by atoms with van der Waals surface area (Å²) < 4.78 is 15.5. The Morgan fingerprint density at radius 2 is 1.96 bits per heavy atom. The third kappa shape index (κ3) is 3.39. The minimum atomic E-state index is -1.20. The lowest BCUT2D eigenvalue weighted by Crippen LogP contribution is -2.25. The highest BCUT2D eigenvalue weighted by molar-refractivity contribution is 6.05. The number of anilines is 1. The molecule has 0 fully saturated rings. The summed E-state index contributed by atoms with van der Waals surface area (Å²) in [6.45, 7) is 7.59. The third-order valence-electron chi connectivity index (χ3n) is 3.35. The Hall–Kier alpha value is -2.70. The van der Waals surface area contributed by atoms with Crippen LogP contribution in [0.1, 0.15) is 47.2 Å². The van der Waals surface area contributed by atoms with Crippen molar-refractivity contribution in [2.45, 2.75) is 33.2 Å². The van der Waals surface area contributed by atoms with Crippen LogP contribution in [0.5, 0.6) is 0 Å². The van der Waals surface area contributed by atoms with E-state index in [1.54, 1.807) is 11.6 Å². The van der Waals surface area contributed by atoms with Crippen LogP contribution in [0.2, 0.25) is 0 Å². The van der Waals surface area contributed by atoms with E-state index in [2.05, 4.69) is 10.4 Å². The van der Waals surface area contributed by atoms with E-state index in [1.807, 2.05) is 20.8 Å². The number of hydrogen-bond acceptors (Lipinski definition) is 3. The lowest BCUT2D eigenvalue weighted by atomic mass is 10.1. The molecule has 0 aliphatic carbocycles. The molecule has 0 radical (unpaired) electrons. The number of hydrogen-bond donors (Lipinski definition) is 2. The normalized spacial score (nSPS) is 11.3. The predicted octanol–water partition coefficient (Wildman–Crippen LogP) is 3.04. The molecule has 0 unspecified atom stereocenters. The van der Waals surface area contributed by atoms with E-state index in [-0.39, 0.29) is 16.8 Å². The van der Waals surface area contributed by atoms with Crippen molar-refractivity contribution >= 4 is 17.6 Å². The van der Waals surface area contributed by atoms with Crippen LogP contribution in [-0.4, -0.2) is 26.8 Å². The molecule has 1 amide bonds. The van der Waals surface area contributed by atoms with E-state index in [4.69, 9.17) is 5.11 Å². The average molecular weight is 319 g/mol.